The van der Waals surface area contributed by atoms with Gasteiger partial charge in [0.25, 0.3) is 0 Å². The average Bonchev–Trinajstić information content (AvgIpc) is 2.22. The van der Waals surface area contributed by atoms with E-state index >= 15 is 0 Å². The molecule has 0 radical (unpaired) electrons. The molecule has 0 aliphatic rings. The summed E-state index contributed by atoms with van der Waals surface area (Å²) in [4.78, 5) is 0.183. The fourth-order valence-corrected chi connectivity index (χ4v) is 4.13. The van der Waals surface area contributed by atoms with Crippen molar-refractivity contribution in [1.29, 1.82) is 0 Å². The number of aliphatic hydroxyl groups is 1. The van der Waals surface area contributed by atoms with Crippen LogP contribution in [0.15, 0.2) is 11.0 Å². The van der Waals surface area contributed by atoms with Crippen LogP contribution in [-0.2, 0) is 10.0 Å². The normalized spacial score (nSPS) is 13.5. The standard InChI is InChI=1S/C15H26N2O3S/c1-9-8-10(2)13(11(3)12(9)16)21(19,20)17-14(4,5)15(6,7)18/h8,17-18H,16H2,1-7H3. The van der Waals surface area contributed by atoms with Gasteiger partial charge in [0, 0.05) is 5.69 Å². The van der Waals surface area contributed by atoms with Crippen molar-refractivity contribution in [1.82, 2.24) is 4.72 Å². The quantitative estimate of drug-likeness (QED) is 0.741. The highest BCUT2D eigenvalue weighted by Crippen LogP contribution is 2.30. The van der Waals surface area contributed by atoms with Gasteiger partial charge in [0.15, 0.2) is 0 Å². The third-order valence-corrected chi connectivity index (χ3v) is 6.09. The third-order valence-electron chi connectivity index (χ3n) is 4.15. The number of anilines is 1. The summed E-state index contributed by atoms with van der Waals surface area (Å²) in [6.45, 7) is 11.7. The van der Waals surface area contributed by atoms with Crippen molar-refractivity contribution in [2.75, 3.05) is 5.73 Å². The van der Waals surface area contributed by atoms with Crippen LogP contribution >= 0.6 is 0 Å². The molecule has 4 N–H and O–H groups in total. The zero-order valence-corrected chi connectivity index (χ0v) is 14.6. The number of benzene rings is 1. The van der Waals surface area contributed by atoms with Crippen LogP contribution in [0.3, 0.4) is 0 Å². The molecule has 0 atom stereocenters. The van der Waals surface area contributed by atoms with E-state index in [1.807, 2.05) is 6.92 Å². The van der Waals surface area contributed by atoms with Crippen LogP contribution in [0, 0.1) is 20.8 Å². The lowest BCUT2D eigenvalue weighted by Gasteiger charge is -2.37. The van der Waals surface area contributed by atoms with Crippen LogP contribution in [0.5, 0.6) is 0 Å². The summed E-state index contributed by atoms with van der Waals surface area (Å²) in [5.74, 6) is 0. The minimum absolute atomic E-state index is 0.183. The predicted octanol–water partition coefficient (Wildman–Crippen LogP) is 2.02. The maximum Gasteiger partial charge on any atom is 0.241 e. The van der Waals surface area contributed by atoms with E-state index in [2.05, 4.69) is 4.72 Å². The molecule has 1 rings (SSSR count). The molecule has 1 aromatic carbocycles. The lowest BCUT2D eigenvalue weighted by Crippen LogP contribution is -2.57. The van der Waals surface area contributed by atoms with Crippen LogP contribution < -0.4 is 10.5 Å². The second-order valence-corrected chi connectivity index (χ2v) is 8.29. The Morgan fingerprint density at radius 3 is 2.00 bits per heavy atom. The summed E-state index contributed by atoms with van der Waals surface area (Å²) in [6, 6.07) is 1.76. The molecule has 0 bridgehead atoms. The van der Waals surface area contributed by atoms with E-state index in [9.17, 15) is 13.5 Å². The fourth-order valence-electron chi connectivity index (χ4n) is 2.11. The molecule has 21 heavy (non-hydrogen) atoms. The molecule has 0 fully saturated rings. The van der Waals surface area contributed by atoms with E-state index < -0.39 is 21.2 Å². The minimum atomic E-state index is -3.79. The smallest absolute Gasteiger partial charge is 0.241 e. The summed E-state index contributed by atoms with van der Waals surface area (Å²) < 4.78 is 28.0. The Kier molecular flexibility index (Phi) is 4.50. The number of rotatable bonds is 4. The van der Waals surface area contributed by atoms with Crippen LogP contribution in [0.25, 0.3) is 0 Å². The molecule has 0 aliphatic heterocycles. The molecule has 120 valence electrons. The van der Waals surface area contributed by atoms with Crippen LogP contribution in [0.2, 0.25) is 0 Å². The first-order chi connectivity index (χ1) is 9.21. The molecular formula is C15H26N2O3S. The Morgan fingerprint density at radius 1 is 1.10 bits per heavy atom. The SMILES string of the molecule is Cc1cc(C)c(S(=O)(=O)NC(C)(C)C(C)(C)O)c(C)c1N. The predicted molar refractivity (Wildman–Crippen MR) is 85.8 cm³/mol. The van der Waals surface area contributed by atoms with Crippen molar-refractivity contribution < 1.29 is 13.5 Å². The summed E-state index contributed by atoms with van der Waals surface area (Å²) in [5.41, 5.74) is 6.22. The highest BCUT2D eigenvalue weighted by molar-refractivity contribution is 7.89. The number of aryl methyl sites for hydroxylation is 2. The second kappa shape index (κ2) is 5.26. The van der Waals surface area contributed by atoms with Crippen LogP contribution in [-0.4, -0.2) is 24.7 Å². The molecule has 6 heteroatoms. The van der Waals surface area contributed by atoms with E-state index in [1.165, 1.54) is 0 Å². The molecule has 0 aromatic heterocycles. The van der Waals surface area contributed by atoms with Gasteiger partial charge < -0.3 is 10.8 Å². The van der Waals surface area contributed by atoms with E-state index in [0.29, 0.717) is 16.8 Å². The van der Waals surface area contributed by atoms with Crippen molar-refractivity contribution in [3.63, 3.8) is 0 Å². The second-order valence-electron chi connectivity index (χ2n) is 6.67. The topological polar surface area (TPSA) is 92.4 Å². The Balaban J connectivity index is 3.44. The van der Waals surface area contributed by atoms with Gasteiger partial charge in [0.1, 0.15) is 0 Å². The summed E-state index contributed by atoms with van der Waals surface area (Å²) in [6.07, 6.45) is 0. The van der Waals surface area contributed by atoms with Crippen LogP contribution in [0.1, 0.15) is 44.4 Å². The Morgan fingerprint density at radius 2 is 1.57 bits per heavy atom. The highest BCUT2D eigenvalue weighted by Gasteiger charge is 2.39. The highest BCUT2D eigenvalue weighted by atomic mass is 32.2. The molecule has 0 amide bonds. The van der Waals surface area contributed by atoms with E-state index in [0.717, 1.165) is 5.56 Å². The van der Waals surface area contributed by atoms with Gasteiger partial charge in [0.05, 0.1) is 16.0 Å². The Hall–Kier alpha value is -1.11. The molecular weight excluding hydrogens is 288 g/mol. The maximum absolute atomic E-state index is 12.7. The van der Waals surface area contributed by atoms with E-state index in [1.54, 1.807) is 47.6 Å². The molecule has 0 unspecified atom stereocenters. The van der Waals surface area contributed by atoms with Crippen molar-refractivity contribution in [2.24, 2.45) is 0 Å². The monoisotopic (exact) mass is 314 g/mol. The van der Waals surface area contributed by atoms with Gasteiger partial charge in [-0.15, -0.1) is 0 Å². The number of nitrogens with two attached hydrogens (primary N) is 1. The first-order valence-electron chi connectivity index (χ1n) is 6.83. The fraction of sp³-hybridized carbons (Fsp3) is 0.600. The molecule has 1 aromatic rings. The Labute approximate surface area is 127 Å². The van der Waals surface area contributed by atoms with E-state index in [4.69, 9.17) is 5.73 Å². The van der Waals surface area contributed by atoms with Gasteiger partial charge in [-0.3, -0.25) is 0 Å². The molecule has 0 saturated heterocycles. The van der Waals surface area contributed by atoms with Crippen molar-refractivity contribution >= 4 is 15.7 Å². The first kappa shape index (κ1) is 17.9. The summed E-state index contributed by atoms with van der Waals surface area (Å²) >= 11 is 0. The Bertz CT molecular complexity index is 656. The number of nitrogens with one attached hydrogen (secondary N) is 1. The number of sulfonamides is 1. The lowest BCUT2D eigenvalue weighted by molar-refractivity contribution is 0.00638. The van der Waals surface area contributed by atoms with Gasteiger partial charge in [-0.25, -0.2) is 13.1 Å². The van der Waals surface area contributed by atoms with Crippen molar-refractivity contribution in [3.05, 3.63) is 22.8 Å². The van der Waals surface area contributed by atoms with Gasteiger partial charge in [0.2, 0.25) is 10.0 Å². The average molecular weight is 314 g/mol. The van der Waals surface area contributed by atoms with Crippen LogP contribution in [0.4, 0.5) is 5.69 Å². The molecule has 0 heterocycles. The zero-order valence-electron chi connectivity index (χ0n) is 13.8. The number of hydrogen-bond acceptors (Lipinski definition) is 4. The maximum atomic E-state index is 12.7. The third kappa shape index (κ3) is 3.39. The molecule has 0 aliphatic carbocycles. The van der Waals surface area contributed by atoms with Gasteiger partial charge in [-0.1, -0.05) is 6.07 Å². The molecule has 0 saturated carbocycles. The minimum Gasteiger partial charge on any atom is -0.398 e. The summed E-state index contributed by atoms with van der Waals surface area (Å²) in [7, 11) is -3.79. The van der Waals surface area contributed by atoms with Gasteiger partial charge >= 0.3 is 0 Å². The van der Waals surface area contributed by atoms with Gasteiger partial charge in [-0.05, 0) is 65.2 Å². The van der Waals surface area contributed by atoms with Crippen molar-refractivity contribution in [2.45, 2.75) is 64.5 Å². The van der Waals surface area contributed by atoms with Gasteiger partial charge in [-0.2, -0.15) is 0 Å². The molecule has 5 nitrogen and oxygen atoms in total. The van der Waals surface area contributed by atoms with E-state index in [-0.39, 0.29) is 4.90 Å². The molecule has 0 spiro atoms. The first-order valence-corrected chi connectivity index (χ1v) is 8.31. The van der Waals surface area contributed by atoms with Crippen molar-refractivity contribution in [3.8, 4) is 0 Å². The number of nitrogen functional groups attached to an aromatic ring is 1. The number of hydrogen-bond donors (Lipinski definition) is 3. The zero-order chi connectivity index (χ0) is 16.8. The summed E-state index contributed by atoms with van der Waals surface area (Å²) in [5, 5.41) is 10.1. The lowest BCUT2D eigenvalue weighted by atomic mass is 9.87. The largest absolute Gasteiger partial charge is 0.398 e.